The molecule has 1 aromatic rings. The van der Waals surface area contributed by atoms with Gasteiger partial charge in [-0.15, -0.1) is 0 Å². The maximum absolute atomic E-state index is 10.8. The summed E-state index contributed by atoms with van der Waals surface area (Å²) in [5, 5.41) is 0. The van der Waals surface area contributed by atoms with Crippen molar-refractivity contribution in [3.8, 4) is 5.88 Å². The van der Waals surface area contributed by atoms with Gasteiger partial charge in [-0.25, -0.2) is 4.98 Å². The molecule has 1 rings (SSSR count). The Bertz CT molecular complexity index is 295. The van der Waals surface area contributed by atoms with E-state index in [2.05, 4.69) is 4.98 Å². The Morgan fingerprint density at radius 2 is 2.31 bits per heavy atom. The summed E-state index contributed by atoms with van der Waals surface area (Å²) >= 11 is 0. The van der Waals surface area contributed by atoms with Crippen LogP contribution in [-0.2, 0) is 4.79 Å². The smallest absolute Gasteiger partial charge is 0.224 e. The Balaban J connectivity index is 2.85. The number of carbonyl (C=O) groups is 1. The van der Waals surface area contributed by atoms with Crippen molar-refractivity contribution in [3.63, 3.8) is 0 Å². The molecule has 2 N–H and O–H groups in total. The third kappa shape index (κ3) is 2.18. The van der Waals surface area contributed by atoms with Gasteiger partial charge in [-0.05, 0) is 12.5 Å². The summed E-state index contributed by atoms with van der Waals surface area (Å²) in [6.45, 7) is 1.74. The van der Waals surface area contributed by atoms with Gasteiger partial charge in [-0.2, -0.15) is 0 Å². The average Bonchev–Trinajstić information content (AvgIpc) is 2.17. The topological polar surface area (TPSA) is 65.2 Å². The molecule has 4 heteroatoms. The van der Waals surface area contributed by atoms with Gasteiger partial charge in [0.1, 0.15) is 0 Å². The van der Waals surface area contributed by atoms with E-state index in [9.17, 15) is 4.79 Å². The number of pyridine rings is 1. The number of amides is 1. The highest BCUT2D eigenvalue weighted by atomic mass is 16.5. The first-order chi connectivity index (χ1) is 6.15. The van der Waals surface area contributed by atoms with Crippen LogP contribution >= 0.6 is 0 Å². The number of primary amides is 1. The fraction of sp³-hybridized carbons (Fsp3) is 0.333. The monoisotopic (exact) mass is 180 g/mol. The Kier molecular flexibility index (Phi) is 2.84. The quantitative estimate of drug-likeness (QED) is 0.743. The predicted molar refractivity (Wildman–Crippen MR) is 48.4 cm³/mol. The minimum absolute atomic E-state index is 0.307. The van der Waals surface area contributed by atoms with Gasteiger partial charge in [0.25, 0.3) is 0 Å². The molecule has 1 amide bonds. The zero-order valence-corrected chi connectivity index (χ0v) is 7.65. The summed E-state index contributed by atoms with van der Waals surface area (Å²) in [5.74, 6) is -0.134. The third-order valence-electron chi connectivity index (χ3n) is 1.90. The van der Waals surface area contributed by atoms with Crippen LogP contribution in [0.3, 0.4) is 0 Å². The molecule has 70 valence electrons. The van der Waals surface area contributed by atoms with Crippen LogP contribution in [0.1, 0.15) is 18.4 Å². The number of nitrogens with two attached hydrogens (primary N) is 1. The van der Waals surface area contributed by atoms with E-state index < -0.39 is 0 Å². The SMILES string of the molecule is COc1ccc(C(C)C(N)=O)cn1. The Labute approximate surface area is 76.7 Å². The first-order valence-electron chi connectivity index (χ1n) is 3.94. The van der Waals surface area contributed by atoms with Crippen molar-refractivity contribution >= 4 is 5.91 Å². The van der Waals surface area contributed by atoms with Crippen molar-refractivity contribution in [2.75, 3.05) is 7.11 Å². The van der Waals surface area contributed by atoms with Gasteiger partial charge in [0, 0.05) is 12.3 Å². The van der Waals surface area contributed by atoms with Crippen LogP contribution in [0, 0.1) is 0 Å². The molecule has 13 heavy (non-hydrogen) atoms. The highest BCUT2D eigenvalue weighted by Crippen LogP contribution is 2.15. The normalized spacial score (nSPS) is 12.2. The number of nitrogens with zero attached hydrogens (tertiary/aromatic N) is 1. The molecule has 0 aliphatic rings. The number of methoxy groups -OCH3 is 1. The van der Waals surface area contributed by atoms with E-state index in [1.807, 2.05) is 0 Å². The van der Waals surface area contributed by atoms with E-state index in [0.29, 0.717) is 5.88 Å². The fourth-order valence-corrected chi connectivity index (χ4v) is 0.933. The molecular formula is C9H12N2O2. The lowest BCUT2D eigenvalue weighted by Gasteiger charge is -2.06. The molecule has 0 fully saturated rings. The zero-order chi connectivity index (χ0) is 9.84. The summed E-state index contributed by atoms with van der Waals surface area (Å²) in [6, 6.07) is 3.48. The van der Waals surface area contributed by atoms with Gasteiger partial charge < -0.3 is 10.5 Å². The number of hydrogen-bond donors (Lipinski definition) is 1. The second-order valence-corrected chi connectivity index (χ2v) is 2.76. The zero-order valence-electron chi connectivity index (χ0n) is 7.65. The van der Waals surface area contributed by atoms with Gasteiger partial charge in [0.15, 0.2) is 0 Å². The molecule has 1 atom stereocenters. The number of carbonyl (C=O) groups excluding carboxylic acids is 1. The molecule has 0 aliphatic carbocycles. The first-order valence-corrected chi connectivity index (χ1v) is 3.94. The summed E-state index contributed by atoms with van der Waals surface area (Å²) in [5.41, 5.74) is 5.94. The maximum atomic E-state index is 10.8. The van der Waals surface area contributed by atoms with E-state index in [4.69, 9.17) is 10.5 Å². The molecule has 0 saturated heterocycles. The van der Waals surface area contributed by atoms with Crippen LogP contribution in [0.25, 0.3) is 0 Å². The lowest BCUT2D eigenvalue weighted by Crippen LogP contribution is -2.18. The molecule has 0 saturated carbocycles. The average molecular weight is 180 g/mol. The van der Waals surface area contributed by atoms with Crippen LogP contribution in [-0.4, -0.2) is 18.0 Å². The molecular weight excluding hydrogens is 168 g/mol. The molecule has 0 bridgehead atoms. The highest BCUT2D eigenvalue weighted by Gasteiger charge is 2.11. The lowest BCUT2D eigenvalue weighted by molar-refractivity contribution is -0.119. The first kappa shape index (κ1) is 9.51. The van der Waals surface area contributed by atoms with Crippen LogP contribution in [0.5, 0.6) is 5.88 Å². The van der Waals surface area contributed by atoms with Crippen molar-refractivity contribution < 1.29 is 9.53 Å². The minimum atomic E-state index is -0.355. The number of hydrogen-bond acceptors (Lipinski definition) is 3. The Morgan fingerprint density at radius 1 is 1.62 bits per heavy atom. The van der Waals surface area contributed by atoms with Crippen molar-refractivity contribution in [3.05, 3.63) is 23.9 Å². The van der Waals surface area contributed by atoms with Gasteiger partial charge in [-0.1, -0.05) is 6.07 Å². The van der Waals surface area contributed by atoms with Crippen molar-refractivity contribution in [1.82, 2.24) is 4.98 Å². The second kappa shape index (κ2) is 3.89. The van der Waals surface area contributed by atoms with Crippen molar-refractivity contribution in [2.45, 2.75) is 12.8 Å². The lowest BCUT2D eigenvalue weighted by atomic mass is 10.0. The minimum Gasteiger partial charge on any atom is -0.481 e. The number of ether oxygens (including phenoxy) is 1. The Morgan fingerprint density at radius 3 is 2.69 bits per heavy atom. The molecule has 0 aliphatic heterocycles. The summed E-state index contributed by atoms with van der Waals surface area (Å²) in [4.78, 5) is 14.8. The highest BCUT2D eigenvalue weighted by molar-refractivity contribution is 5.81. The standard InChI is InChI=1S/C9H12N2O2/c1-6(9(10)12)7-3-4-8(13-2)11-5-7/h3-6H,1-2H3,(H2,10,12). The number of aromatic nitrogens is 1. The van der Waals surface area contributed by atoms with Crippen LogP contribution in [0.15, 0.2) is 18.3 Å². The van der Waals surface area contributed by atoms with E-state index in [-0.39, 0.29) is 11.8 Å². The van der Waals surface area contributed by atoms with Crippen LogP contribution < -0.4 is 10.5 Å². The predicted octanol–water partition coefficient (Wildman–Crippen LogP) is 0.679. The van der Waals surface area contributed by atoms with E-state index in [0.717, 1.165) is 5.56 Å². The van der Waals surface area contributed by atoms with Gasteiger partial charge in [0.05, 0.1) is 13.0 Å². The second-order valence-electron chi connectivity index (χ2n) is 2.76. The molecule has 0 aromatic carbocycles. The molecule has 0 radical (unpaired) electrons. The van der Waals surface area contributed by atoms with Crippen molar-refractivity contribution in [2.24, 2.45) is 5.73 Å². The fourth-order valence-electron chi connectivity index (χ4n) is 0.933. The molecule has 1 unspecified atom stereocenters. The van der Waals surface area contributed by atoms with Gasteiger partial charge >= 0.3 is 0 Å². The van der Waals surface area contributed by atoms with Crippen LogP contribution in [0.2, 0.25) is 0 Å². The molecule has 1 heterocycles. The Hall–Kier alpha value is -1.58. The van der Waals surface area contributed by atoms with Crippen LogP contribution in [0.4, 0.5) is 0 Å². The van der Waals surface area contributed by atoms with Gasteiger partial charge in [-0.3, -0.25) is 4.79 Å². The van der Waals surface area contributed by atoms with Crippen molar-refractivity contribution in [1.29, 1.82) is 0 Å². The van der Waals surface area contributed by atoms with E-state index >= 15 is 0 Å². The van der Waals surface area contributed by atoms with E-state index in [1.165, 1.54) is 0 Å². The van der Waals surface area contributed by atoms with Gasteiger partial charge in [0.2, 0.25) is 11.8 Å². The maximum Gasteiger partial charge on any atom is 0.224 e. The molecule has 1 aromatic heterocycles. The summed E-state index contributed by atoms with van der Waals surface area (Å²) in [6.07, 6.45) is 1.59. The third-order valence-corrected chi connectivity index (χ3v) is 1.90. The summed E-state index contributed by atoms with van der Waals surface area (Å²) < 4.78 is 4.88. The molecule has 0 spiro atoms. The largest absolute Gasteiger partial charge is 0.481 e. The number of rotatable bonds is 3. The summed E-state index contributed by atoms with van der Waals surface area (Å²) in [7, 11) is 1.54. The molecule has 4 nitrogen and oxygen atoms in total. The van der Waals surface area contributed by atoms with E-state index in [1.54, 1.807) is 32.4 Å².